The molecule has 0 aliphatic rings. The molecule has 5 nitrogen and oxygen atoms in total. The molecule has 0 aromatic carbocycles. The van der Waals surface area contributed by atoms with Gasteiger partial charge in [0.2, 0.25) is 5.91 Å². The predicted molar refractivity (Wildman–Crippen MR) is 65.3 cm³/mol. The molecule has 3 N–H and O–H groups in total. The van der Waals surface area contributed by atoms with Gasteiger partial charge < -0.3 is 15.8 Å². The number of carbonyl (C=O) groups excluding carboxylic acids is 2. The lowest BCUT2D eigenvalue weighted by Crippen LogP contribution is -2.31. The summed E-state index contributed by atoms with van der Waals surface area (Å²) in [5.74, 6) is -0.0595. The van der Waals surface area contributed by atoms with E-state index in [0.717, 1.165) is 6.42 Å². The van der Waals surface area contributed by atoms with Crippen LogP contribution in [0.2, 0.25) is 0 Å². The summed E-state index contributed by atoms with van der Waals surface area (Å²) in [5, 5.41) is 2.75. The van der Waals surface area contributed by atoms with E-state index in [1.807, 2.05) is 0 Å². The molecule has 0 aliphatic carbocycles. The lowest BCUT2D eigenvalue weighted by molar-refractivity contribution is -0.120. The third-order valence-electron chi connectivity index (χ3n) is 1.77. The Balaban J connectivity index is 3.40. The fraction of sp³-hybridized carbons (Fsp3) is 0.600. The van der Waals surface area contributed by atoms with Gasteiger partial charge in [-0.2, -0.15) is 0 Å². The van der Waals surface area contributed by atoms with E-state index in [-0.39, 0.29) is 17.3 Å². The third kappa shape index (κ3) is 8.28. The number of rotatable bonds is 8. The van der Waals surface area contributed by atoms with Crippen LogP contribution in [-0.2, 0) is 9.53 Å². The molecule has 0 bridgehead atoms. The standard InChI is InChI=1S/C10H17BrN2O3/c1-2-5-8(11)9(14)13-6-3-4-7-16-10(12)15/h2,8H,1,3-7H2,(H2,12,15)(H,13,14). The van der Waals surface area contributed by atoms with Crippen LogP contribution in [0.15, 0.2) is 12.7 Å². The Kier molecular flexibility index (Phi) is 8.61. The number of carbonyl (C=O) groups is 2. The average molecular weight is 293 g/mol. The van der Waals surface area contributed by atoms with Gasteiger partial charge >= 0.3 is 6.09 Å². The topological polar surface area (TPSA) is 81.4 Å². The van der Waals surface area contributed by atoms with Crippen LogP contribution >= 0.6 is 15.9 Å². The summed E-state index contributed by atoms with van der Waals surface area (Å²) in [7, 11) is 0. The third-order valence-corrected chi connectivity index (χ3v) is 2.56. The molecule has 0 saturated heterocycles. The molecule has 0 fully saturated rings. The molecule has 6 heteroatoms. The molecule has 1 unspecified atom stereocenters. The summed E-state index contributed by atoms with van der Waals surface area (Å²) in [4.78, 5) is 21.3. The van der Waals surface area contributed by atoms with E-state index in [1.165, 1.54) is 0 Å². The predicted octanol–water partition coefficient (Wildman–Crippen LogP) is 1.32. The minimum atomic E-state index is -0.768. The van der Waals surface area contributed by atoms with Gasteiger partial charge in [0.15, 0.2) is 0 Å². The Morgan fingerprint density at radius 1 is 1.50 bits per heavy atom. The van der Waals surface area contributed by atoms with Crippen molar-refractivity contribution in [1.82, 2.24) is 5.32 Å². The maximum atomic E-state index is 11.4. The highest BCUT2D eigenvalue weighted by atomic mass is 79.9. The number of hydrogen-bond donors (Lipinski definition) is 2. The first kappa shape index (κ1) is 15.0. The SMILES string of the molecule is C=CCC(Br)C(=O)NCCCCOC(N)=O. The van der Waals surface area contributed by atoms with Crippen molar-refractivity contribution in [2.75, 3.05) is 13.2 Å². The number of ether oxygens (including phenoxy) is 1. The van der Waals surface area contributed by atoms with Crippen molar-refractivity contribution < 1.29 is 14.3 Å². The van der Waals surface area contributed by atoms with Gasteiger partial charge in [-0.05, 0) is 19.3 Å². The summed E-state index contributed by atoms with van der Waals surface area (Å²) in [6, 6.07) is 0. The number of amides is 2. The van der Waals surface area contributed by atoms with E-state index in [0.29, 0.717) is 19.4 Å². The fourth-order valence-electron chi connectivity index (χ4n) is 0.976. The van der Waals surface area contributed by atoms with Gasteiger partial charge in [-0.3, -0.25) is 4.79 Å². The molecule has 0 aromatic rings. The smallest absolute Gasteiger partial charge is 0.404 e. The Morgan fingerprint density at radius 3 is 2.75 bits per heavy atom. The average Bonchev–Trinajstić information content (AvgIpc) is 2.22. The van der Waals surface area contributed by atoms with Crippen LogP contribution in [-0.4, -0.2) is 30.0 Å². The van der Waals surface area contributed by atoms with Crippen molar-refractivity contribution in [2.24, 2.45) is 5.73 Å². The van der Waals surface area contributed by atoms with Crippen LogP contribution in [0.25, 0.3) is 0 Å². The second-order valence-electron chi connectivity index (χ2n) is 3.16. The molecule has 0 spiro atoms. The number of allylic oxidation sites excluding steroid dienone is 1. The number of halogens is 1. The van der Waals surface area contributed by atoms with Crippen molar-refractivity contribution in [3.05, 3.63) is 12.7 Å². The van der Waals surface area contributed by atoms with Gasteiger partial charge in [-0.15, -0.1) is 6.58 Å². The van der Waals surface area contributed by atoms with Crippen LogP contribution in [0.1, 0.15) is 19.3 Å². The lowest BCUT2D eigenvalue weighted by Gasteiger charge is -2.08. The molecular formula is C10H17BrN2O3. The molecule has 92 valence electrons. The Bertz CT molecular complexity index is 246. The monoisotopic (exact) mass is 292 g/mol. The van der Waals surface area contributed by atoms with Crippen LogP contribution in [0, 0.1) is 0 Å². The maximum Gasteiger partial charge on any atom is 0.404 e. The maximum absolute atomic E-state index is 11.4. The first-order valence-corrected chi connectivity index (χ1v) is 5.94. The number of alkyl halides is 1. The fourth-order valence-corrected chi connectivity index (χ4v) is 1.40. The van der Waals surface area contributed by atoms with Crippen LogP contribution in [0.3, 0.4) is 0 Å². The summed E-state index contributed by atoms with van der Waals surface area (Å²) in [6.07, 6.45) is 2.93. The van der Waals surface area contributed by atoms with E-state index in [2.05, 4.69) is 32.6 Å². The summed E-state index contributed by atoms with van der Waals surface area (Å²) >= 11 is 3.24. The zero-order chi connectivity index (χ0) is 12.4. The first-order chi connectivity index (χ1) is 7.57. The van der Waals surface area contributed by atoms with Gasteiger partial charge in [-0.25, -0.2) is 4.79 Å². The van der Waals surface area contributed by atoms with Crippen molar-refractivity contribution in [1.29, 1.82) is 0 Å². The van der Waals surface area contributed by atoms with Crippen LogP contribution in [0.4, 0.5) is 4.79 Å². The van der Waals surface area contributed by atoms with Gasteiger partial charge in [-0.1, -0.05) is 22.0 Å². The molecule has 16 heavy (non-hydrogen) atoms. The molecule has 0 aliphatic heterocycles. The van der Waals surface area contributed by atoms with Crippen molar-refractivity contribution in [2.45, 2.75) is 24.1 Å². The summed E-state index contributed by atoms with van der Waals surface area (Å²) in [6.45, 7) is 4.39. The molecule has 1 atom stereocenters. The Labute approximate surface area is 104 Å². The zero-order valence-electron chi connectivity index (χ0n) is 9.08. The number of nitrogens with one attached hydrogen (secondary N) is 1. The van der Waals surface area contributed by atoms with Gasteiger partial charge in [0.05, 0.1) is 11.4 Å². The highest BCUT2D eigenvalue weighted by Gasteiger charge is 2.11. The minimum Gasteiger partial charge on any atom is -0.450 e. The van der Waals surface area contributed by atoms with E-state index < -0.39 is 6.09 Å². The normalized spacial score (nSPS) is 11.6. The zero-order valence-corrected chi connectivity index (χ0v) is 10.7. The molecule has 0 rings (SSSR count). The molecule has 0 saturated carbocycles. The highest BCUT2D eigenvalue weighted by molar-refractivity contribution is 9.10. The number of unbranched alkanes of at least 4 members (excludes halogenated alkanes) is 1. The summed E-state index contributed by atoms with van der Waals surface area (Å²) < 4.78 is 4.54. The van der Waals surface area contributed by atoms with E-state index in [9.17, 15) is 9.59 Å². The van der Waals surface area contributed by atoms with E-state index >= 15 is 0 Å². The number of hydrogen-bond acceptors (Lipinski definition) is 3. The van der Waals surface area contributed by atoms with Gasteiger partial charge in [0.25, 0.3) is 0 Å². The minimum absolute atomic E-state index is 0.0595. The van der Waals surface area contributed by atoms with Crippen molar-refractivity contribution in [3.8, 4) is 0 Å². The second-order valence-corrected chi connectivity index (χ2v) is 4.26. The molecule has 2 amide bonds. The van der Waals surface area contributed by atoms with E-state index in [4.69, 9.17) is 5.73 Å². The lowest BCUT2D eigenvalue weighted by atomic mass is 10.2. The van der Waals surface area contributed by atoms with E-state index in [1.54, 1.807) is 6.08 Å². The molecule has 0 radical (unpaired) electrons. The van der Waals surface area contributed by atoms with Crippen molar-refractivity contribution in [3.63, 3.8) is 0 Å². The second kappa shape index (κ2) is 9.21. The van der Waals surface area contributed by atoms with Crippen LogP contribution in [0.5, 0.6) is 0 Å². The van der Waals surface area contributed by atoms with Crippen LogP contribution < -0.4 is 11.1 Å². The first-order valence-electron chi connectivity index (χ1n) is 5.02. The Morgan fingerprint density at radius 2 is 2.19 bits per heavy atom. The van der Waals surface area contributed by atoms with Gasteiger partial charge in [0.1, 0.15) is 0 Å². The number of nitrogens with two attached hydrogens (primary N) is 1. The quantitative estimate of drug-likeness (QED) is 0.402. The van der Waals surface area contributed by atoms with Crippen molar-refractivity contribution >= 4 is 27.9 Å². The Hall–Kier alpha value is -1.04. The number of primary amides is 1. The molecule has 0 aromatic heterocycles. The molecule has 0 heterocycles. The molecular weight excluding hydrogens is 276 g/mol. The van der Waals surface area contributed by atoms with Gasteiger partial charge in [0, 0.05) is 6.54 Å². The highest BCUT2D eigenvalue weighted by Crippen LogP contribution is 2.05. The largest absolute Gasteiger partial charge is 0.450 e. The summed E-state index contributed by atoms with van der Waals surface area (Å²) in [5.41, 5.74) is 4.78.